The van der Waals surface area contributed by atoms with Gasteiger partial charge in [-0.15, -0.1) is 0 Å². The van der Waals surface area contributed by atoms with Gasteiger partial charge in [0.05, 0.1) is 27.3 Å². The van der Waals surface area contributed by atoms with E-state index < -0.39 is 11.6 Å². The number of Topliss-reactive ketones (excluding diaryl/α,β-unsaturated/α-hetero) is 2. The van der Waals surface area contributed by atoms with Gasteiger partial charge in [0.15, 0.2) is 11.6 Å². The average molecular weight is 438 g/mol. The highest BCUT2D eigenvalue weighted by molar-refractivity contribution is 6.17. The summed E-state index contributed by atoms with van der Waals surface area (Å²) in [6, 6.07) is 13.3. The van der Waals surface area contributed by atoms with Crippen molar-refractivity contribution < 1.29 is 18.4 Å². The van der Waals surface area contributed by atoms with Crippen molar-refractivity contribution in [2.75, 3.05) is 0 Å². The van der Waals surface area contributed by atoms with E-state index in [2.05, 4.69) is 0 Å². The van der Waals surface area contributed by atoms with Crippen molar-refractivity contribution in [1.29, 1.82) is 0 Å². The zero-order chi connectivity index (χ0) is 23.4. The number of hydrogen-bond donors (Lipinski definition) is 0. The van der Waals surface area contributed by atoms with E-state index in [1.165, 1.54) is 26.2 Å². The standard InChI is InChI=1S/C27H18O6/c1-13-7-6-10-21-22(13)26(31)19(12-32-21)24-17(14(2)28)11-18-25(30)16-8-4-5-9-20(16)33-27(18)23(24)15(3)29/h4-12H,1-3H3. The van der Waals surface area contributed by atoms with Crippen molar-refractivity contribution in [2.24, 2.45) is 0 Å². The number of aryl methyl sites for hydroxylation is 1. The molecule has 5 aromatic rings. The number of para-hydroxylation sites is 1. The molecule has 33 heavy (non-hydrogen) atoms. The summed E-state index contributed by atoms with van der Waals surface area (Å²) in [6.07, 6.45) is 1.25. The van der Waals surface area contributed by atoms with Crippen LogP contribution in [0.3, 0.4) is 0 Å². The molecule has 0 radical (unpaired) electrons. The lowest BCUT2D eigenvalue weighted by Gasteiger charge is -2.15. The molecule has 5 rings (SSSR count). The van der Waals surface area contributed by atoms with Gasteiger partial charge in [-0.2, -0.15) is 0 Å². The molecule has 0 N–H and O–H groups in total. The molecule has 2 heterocycles. The van der Waals surface area contributed by atoms with E-state index >= 15 is 0 Å². The van der Waals surface area contributed by atoms with Crippen molar-refractivity contribution >= 4 is 44.5 Å². The Labute approximate surface area is 187 Å². The number of fused-ring (bicyclic) bond motifs is 3. The Morgan fingerprint density at radius 1 is 0.818 bits per heavy atom. The van der Waals surface area contributed by atoms with E-state index in [0.29, 0.717) is 27.5 Å². The second-order valence-corrected chi connectivity index (χ2v) is 8.02. The van der Waals surface area contributed by atoms with Gasteiger partial charge < -0.3 is 8.83 Å². The van der Waals surface area contributed by atoms with E-state index in [1.54, 1.807) is 49.4 Å². The molecule has 0 atom stereocenters. The van der Waals surface area contributed by atoms with Crippen LogP contribution in [0.2, 0.25) is 0 Å². The Morgan fingerprint density at radius 3 is 2.27 bits per heavy atom. The highest BCUT2D eigenvalue weighted by atomic mass is 16.3. The van der Waals surface area contributed by atoms with Crippen LogP contribution in [-0.2, 0) is 0 Å². The Bertz CT molecular complexity index is 1770. The summed E-state index contributed by atoms with van der Waals surface area (Å²) in [5, 5.41) is 0.802. The van der Waals surface area contributed by atoms with Crippen LogP contribution >= 0.6 is 0 Å². The van der Waals surface area contributed by atoms with Gasteiger partial charge >= 0.3 is 0 Å². The monoisotopic (exact) mass is 438 g/mol. The first-order valence-corrected chi connectivity index (χ1v) is 10.4. The molecule has 0 unspecified atom stereocenters. The molecule has 2 aromatic heterocycles. The van der Waals surface area contributed by atoms with Crippen LogP contribution in [0.4, 0.5) is 0 Å². The van der Waals surface area contributed by atoms with Crippen molar-refractivity contribution in [3.05, 3.63) is 91.9 Å². The smallest absolute Gasteiger partial charge is 0.200 e. The first-order chi connectivity index (χ1) is 15.8. The molecular formula is C27H18O6. The van der Waals surface area contributed by atoms with Gasteiger partial charge in [-0.1, -0.05) is 24.3 Å². The molecule has 0 saturated carbocycles. The minimum absolute atomic E-state index is 0.000729. The summed E-state index contributed by atoms with van der Waals surface area (Å²) in [6.45, 7) is 4.42. The highest BCUT2D eigenvalue weighted by Gasteiger charge is 2.26. The summed E-state index contributed by atoms with van der Waals surface area (Å²) in [4.78, 5) is 52.4. The number of hydrogen-bond acceptors (Lipinski definition) is 6. The van der Waals surface area contributed by atoms with Gasteiger partial charge in [0, 0.05) is 11.1 Å². The lowest BCUT2D eigenvalue weighted by atomic mass is 9.88. The van der Waals surface area contributed by atoms with Crippen LogP contribution in [0.1, 0.15) is 40.1 Å². The molecule has 162 valence electrons. The lowest BCUT2D eigenvalue weighted by Crippen LogP contribution is -2.14. The first kappa shape index (κ1) is 20.6. The second-order valence-electron chi connectivity index (χ2n) is 8.02. The molecule has 6 nitrogen and oxygen atoms in total. The van der Waals surface area contributed by atoms with Crippen LogP contribution in [0.5, 0.6) is 0 Å². The number of rotatable bonds is 3. The quantitative estimate of drug-likeness (QED) is 0.275. The third-order valence-corrected chi connectivity index (χ3v) is 5.88. The van der Waals surface area contributed by atoms with Crippen molar-refractivity contribution in [2.45, 2.75) is 20.8 Å². The third-order valence-electron chi connectivity index (χ3n) is 5.88. The van der Waals surface area contributed by atoms with Gasteiger partial charge in [0.25, 0.3) is 0 Å². The van der Waals surface area contributed by atoms with E-state index in [0.717, 1.165) is 0 Å². The van der Waals surface area contributed by atoms with E-state index in [-0.39, 0.29) is 44.1 Å². The molecule has 0 aliphatic rings. The first-order valence-electron chi connectivity index (χ1n) is 10.4. The molecule has 3 aromatic carbocycles. The summed E-state index contributed by atoms with van der Waals surface area (Å²) < 4.78 is 11.7. The number of benzene rings is 3. The number of carbonyl (C=O) groups is 2. The zero-order valence-electron chi connectivity index (χ0n) is 18.1. The Balaban J connectivity index is 2.04. The average Bonchev–Trinajstić information content (AvgIpc) is 2.78. The third kappa shape index (κ3) is 3.03. The fourth-order valence-electron chi connectivity index (χ4n) is 4.34. The Kier molecular flexibility index (Phi) is 4.60. The maximum atomic E-state index is 13.5. The zero-order valence-corrected chi connectivity index (χ0v) is 18.1. The second kappa shape index (κ2) is 7.38. The fourth-order valence-corrected chi connectivity index (χ4v) is 4.34. The number of ketones is 2. The van der Waals surface area contributed by atoms with Crippen molar-refractivity contribution in [3.8, 4) is 11.1 Å². The van der Waals surface area contributed by atoms with Crippen LogP contribution in [0.25, 0.3) is 44.0 Å². The molecule has 6 heteroatoms. The Hall–Kier alpha value is -4.32. The molecule has 0 spiro atoms. The molecule has 0 fully saturated rings. The molecule has 0 aliphatic heterocycles. The van der Waals surface area contributed by atoms with Crippen molar-refractivity contribution in [1.82, 2.24) is 0 Å². The van der Waals surface area contributed by atoms with Gasteiger partial charge in [-0.3, -0.25) is 19.2 Å². The fraction of sp³-hybridized carbons (Fsp3) is 0.111. The summed E-state index contributed by atoms with van der Waals surface area (Å²) in [5.74, 6) is -0.841. The number of carbonyl (C=O) groups excluding carboxylic acids is 2. The predicted molar refractivity (Wildman–Crippen MR) is 126 cm³/mol. The molecule has 0 aliphatic carbocycles. The van der Waals surface area contributed by atoms with E-state index in [4.69, 9.17) is 8.83 Å². The predicted octanol–water partition coefficient (Wildman–Crippen LogP) is 5.43. The van der Waals surface area contributed by atoms with Gasteiger partial charge in [-0.25, -0.2) is 0 Å². The molecule has 0 bridgehead atoms. The van der Waals surface area contributed by atoms with Gasteiger partial charge in [0.1, 0.15) is 23.0 Å². The minimum Gasteiger partial charge on any atom is -0.463 e. The largest absolute Gasteiger partial charge is 0.463 e. The summed E-state index contributed by atoms with van der Waals surface area (Å²) in [7, 11) is 0. The SMILES string of the molecule is CC(=O)c1cc2c(=O)c3ccccc3oc2c(C(C)=O)c1-c1coc2cccc(C)c2c1=O. The van der Waals surface area contributed by atoms with Gasteiger partial charge in [0.2, 0.25) is 10.9 Å². The molecule has 0 amide bonds. The molecular weight excluding hydrogens is 420 g/mol. The topological polar surface area (TPSA) is 94.6 Å². The van der Waals surface area contributed by atoms with Crippen LogP contribution in [0.15, 0.2) is 73.2 Å². The molecule has 0 saturated heterocycles. The maximum absolute atomic E-state index is 13.5. The van der Waals surface area contributed by atoms with E-state index in [1.807, 2.05) is 0 Å². The van der Waals surface area contributed by atoms with Crippen molar-refractivity contribution in [3.63, 3.8) is 0 Å². The minimum atomic E-state index is -0.444. The van der Waals surface area contributed by atoms with Crippen LogP contribution in [-0.4, -0.2) is 11.6 Å². The summed E-state index contributed by atoms with van der Waals surface area (Å²) >= 11 is 0. The normalized spacial score (nSPS) is 11.4. The highest BCUT2D eigenvalue weighted by Crippen LogP contribution is 2.35. The van der Waals surface area contributed by atoms with Crippen LogP contribution in [0, 0.1) is 6.92 Å². The van der Waals surface area contributed by atoms with E-state index in [9.17, 15) is 19.2 Å². The Morgan fingerprint density at radius 2 is 1.55 bits per heavy atom. The maximum Gasteiger partial charge on any atom is 0.200 e. The summed E-state index contributed by atoms with van der Waals surface area (Å²) in [5.41, 5.74) is 0.967. The van der Waals surface area contributed by atoms with Gasteiger partial charge in [-0.05, 0) is 50.6 Å². The lowest BCUT2D eigenvalue weighted by molar-refractivity contribution is 0.101. The van der Waals surface area contributed by atoms with Crippen LogP contribution < -0.4 is 10.9 Å².